The number of halogens is 3. The number of hydrogen-bond acceptors (Lipinski definition) is 8. The van der Waals surface area contributed by atoms with E-state index in [1.807, 2.05) is 9.80 Å². The molecule has 11 nitrogen and oxygen atoms in total. The van der Waals surface area contributed by atoms with Gasteiger partial charge in [0.05, 0.1) is 19.3 Å². The number of hydrogen-bond donors (Lipinski definition) is 1. The van der Waals surface area contributed by atoms with Crippen molar-refractivity contribution >= 4 is 17.7 Å². The van der Waals surface area contributed by atoms with Gasteiger partial charge in [0.2, 0.25) is 17.7 Å². The molecule has 14 heteroatoms. The molecule has 2 atom stereocenters. The van der Waals surface area contributed by atoms with Crippen LogP contribution in [0.4, 0.5) is 13.2 Å². The van der Waals surface area contributed by atoms with E-state index >= 15 is 0 Å². The summed E-state index contributed by atoms with van der Waals surface area (Å²) in [5.41, 5.74) is 0.870. The third-order valence-electron chi connectivity index (χ3n) is 8.36. The molecule has 5 heterocycles. The number of rotatable bonds is 3. The molecule has 6 bridgehead atoms. The second kappa shape index (κ2) is 14.5. The molecule has 2 fully saturated rings. The van der Waals surface area contributed by atoms with E-state index in [1.165, 1.54) is 24.3 Å². The van der Waals surface area contributed by atoms with E-state index in [9.17, 15) is 27.6 Å². The zero-order valence-corrected chi connectivity index (χ0v) is 25.1. The highest BCUT2D eigenvalue weighted by atomic mass is 19.4. The minimum absolute atomic E-state index is 0.0319. The lowest BCUT2D eigenvalue weighted by atomic mass is 9.95. The zero-order chi connectivity index (χ0) is 32.0. The lowest BCUT2D eigenvalue weighted by Crippen LogP contribution is -2.49. The van der Waals surface area contributed by atoms with E-state index < -0.39 is 18.3 Å². The number of likely N-dealkylation sites (tertiary alicyclic amines) is 1. The highest BCUT2D eigenvalue weighted by molar-refractivity contribution is 5.92. The average molecular weight is 634 g/mol. The monoisotopic (exact) mass is 633 g/mol. The third kappa shape index (κ3) is 9.07. The van der Waals surface area contributed by atoms with Crippen LogP contribution >= 0.6 is 0 Å². The number of ether oxygens (including phenoxy) is 3. The van der Waals surface area contributed by atoms with Crippen LogP contribution in [0.1, 0.15) is 42.2 Å². The van der Waals surface area contributed by atoms with Crippen molar-refractivity contribution in [3.8, 4) is 11.6 Å². The highest BCUT2D eigenvalue weighted by Gasteiger charge is 2.40. The summed E-state index contributed by atoms with van der Waals surface area (Å²) in [5, 5.41) is 3.00. The Balaban J connectivity index is 1.34. The summed E-state index contributed by atoms with van der Waals surface area (Å²) < 4.78 is 53.2. The van der Waals surface area contributed by atoms with Gasteiger partial charge in [0.25, 0.3) is 5.91 Å². The van der Waals surface area contributed by atoms with Gasteiger partial charge in [0, 0.05) is 58.3 Å². The quantitative estimate of drug-likeness (QED) is 0.514. The molecule has 45 heavy (non-hydrogen) atoms. The second-order valence-corrected chi connectivity index (χ2v) is 11.6. The molecule has 3 amide bonds. The normalized spacial score (nSPS) is 24.0. The predicted molar refractivity (Wildman–Crippen MR) is 155 cm³/mol. The summed E-state index contributed by atoms with van der Waals surface area (Å²) in [6.45, 7) is 5.20. The Morgan fingerprint density at radius 2 is 1.78 bits per heavy atom. The molecular weight excluding hydrogens is 595 g/mol. The summed E-state index contributed by atoms with van der Waals surface area (Å²) in [6, 6.07) is 9.55. The first-order valence-corrected chi connectivity index (χ1v) is 15.2. The van der Waals surface area contributed by atoms with Crippen LogP contribution in [0.3, 0.4) is 0 Å². The number of piperidine rings is 1. The van der Waals surface area contributed by atoms with E-state index in [0.29, 0.717) is 64.5 Å². The van der Waals surface area contributed by atoms with Crippen molar-refractivity contribution in [2.24, 2.45) is 5.92 Å². The van der Waals surface area contributed by atoms with Crippen molar-refractivity contribution < 1.29 is 41.8 Å². The SMILES string of the molecule is CC(=O)N1CCOCCOc2cccc(n2)C(=O)N[C@H]2C[C@@H](C(=O)N3CCC(CC3)C1)N(Cc1ccc(OC(F)(F)F)cc1)C2. The largest absolute Gasteiger partial charge is 0.573 e. The lowest BCUT2D eigenvalue weighted by Gasteiger charge is -2.37. The Morgan fingerprint density at radius 3 is 2.49 bits per heavy atom. The molecule has 0 radical (unpaired) electrons. The van der Waals surface area contributed by atoms with Crippen LogP contribution in [0.2, 0.25) is 0 Å². The molecule has 0 unspecified atom stereocenters. The fourth-order valence-corrected chi connectivity index (χ4v) is 6.07. The topological polar surface area (TPSA) is 114 Å². The number of amides is 3. The fourth-order valence-electron chi connectivity index (χ4n) is 6.07. The molecule has 6 rings (SSSR count). The summed E-state index contributed by atoms with van der Waals surface area (Å²) >= 11 is 0. The Labute approximate surface area is 259 Å². The number of nitrogens with zero attached hydrogens (tertiary/aromatic N) is 4. The number of carbonyl (C=O) groups excluding carboxylic acids is 3. The first-order chi connectivity index (χ1) is 21.5. The Kier molecular flexibility index (Phi) is 10.4. The van der Waals surface area contributed by atoms with E-state index in [-0.39, 0.29) is 47.7 Å². The van der Waals surface area contributed by atoms with Crippen molar-refractivity contribution in [2.75, 3.05) is 52.5 Å². The van der Waals surface area contributed by atoms with Gasteiger partial charge in [-0.25, -0.2) is 4.98 Å². The second-order valence-electron chi connectivity index (χ2n) is 11.6. The minimum Gasteiger partial charge on any atom is -0.475 e. The van der Waals surface area contributed by atoms with Gasteiger partial charge in [-0.05, 0) is 48.9 Å². The number of fused-ring (bicyclic) bond motifs is 10. The van der Waals surface area contributed by atoms with E-state index in [4.69, 9.17) is 9.47 Å². The van der Waals surface area contributed by atoms with E-state index in [2.05, 4.69) is 15.0 Å². The molecule has 2 aromatic rings. The molecule has 1 aromatic heterocycles. The van der Waals surface area contributed by atoms with Crippen molar-refractivity contribution in [1.82, 2.24) is 25.0 Å². The van der Waals surface area contributed by atoms with Crippen molar-refractivity contribution in [1.29, 1.82) is 0 Å². The van der Waals surface area contributed by atoms with Crippen molar-refractivity contribution in [3.63, 3.8) is 0 Å². The van der Waals surface area contributed by atoms with Crippen LogP contribution in [-0.2, 0) is 20.9 Å². The molecule has 4 aliphatic rings. The number of carbonyl (C=O) groups is 3. The smallest absolute Gasteiger partial charge is 0.475 e. The summed E-state index contributed by atoms with van der Waals surface area (Å²) in [7, 11) is 0. The molecule has 244 valence electrons. The van der Waals surface area contributed by atoms with Gasteiger partial charge in [-0.3, -0.25) is 19.3 Å². The fraction of sp³-hybridized carbons (Fsp3) is 0.548. The van der Waals surface area contributed by atoms with Crippen molar-refractivity contribution in [3.05, 3.63) is 53.7 Å². The van der Waals surface area contributed by atoms with Gasteiger partial charge in [-0.2, -0.15) is 0 Å². The number of pyridine rings is 1. The van der Waals surface area contributed by atoms with Crippen LogP contribution in [0, 0.1) is 5.92 Å². The standard InChI is InChI=1S/C31H38F3N5O6/c1-21(40)38-13-14-43-15-16-44-28-4-2-3-26(36-28)29(41)35-24-17-27(30(42)37-11-9-23(18-38)10-12-37)39(20-24)19-22-5-7-25(8-6-22)45-31(32,33)34/h2-8,23-24,27H,9-20H2,1H3,(H,35,41)/t24-,27-/m0/s1. The number of benzene rings is 1. The van der Waals surface area contributed by atoms with Crippen LogP contribution in [0.5, 0.6) is 11.6 Å². The first-order valence-electron chi connectivity index (χ1n) is 15.2. The first kappa shape index (κ1) is 32.5. The van der Waals surface area contributed by atoms with Gasteiger partial charge in [-0.1, -0.05) is 18.2 Å². The van der Waals surface area contributed by atoms with E-state index in [1.54, 1.807) is 30.0 Å². The third-order valence-corrected chi connectivity index (χ3v) is 8.36. The maximum absolute atomic E-state index is 13.9. The number of nitrogens with one attached hydrogen (secondary N) is 1. The van der Waals surface area contributed by atoms with Gasteiger partial charge < -0.3 is 29.3 Å². The zero-order valence-electron chi connectivity index (χ0n) is 25.1. The van der Waals surface area contributed by atoms with E-state index in [0.717, 1.165) is 12.8 Å². The predicted octanol–water partition coefficient (Wildman–Crippen LogP) is 2.85. The van der Waals surface area contributed by atoms with Crippen LogP contribution in [0.15, 0.2) is 42.5 Å². The van der Waals surface area contributed by atoms with Crippen LogP contribution < -0.4 is 14.8 Å². The molecule has 4 aliphatic heterocycles. The van der Waals surface area contributed by atoms with Crippen molar-refractivity contribution in [2.45, 2.75) is 51.2 Å². The molecule has 0 aliphatic carbocycles. The molecular formula is C31H38F3N5O6. The number of aromatic nitrogens is 1. The summed E-state index contributed by atoms with van der Waals surface area (Å²) in [4.78, 5) is 49.3. The summed E-state index contributed by atoms with van der Waals surface area (Å²) in [5.74, 6) is -0.301. The maximum Gasteiger partial charge on any atom is 0.573 e. The molecule has 2 saturated heterocycles. The Hall–Kier alpha value is -3.91. The highest BCUT2D eigenvalue weighted by Crippen LogP contribution is 2.28. The average Bonchev–Trinajstić information content (AvgIpc) is 3.39. The van der Waals surface area contributed by atoms with Gasteiger partial charge in [0.1, 0.15) is 18.1 Å². The Bertz CT molecular complexity index is 1340. The maximum atomic E-state index is 13.9. The van der Waals surface area contributed by atoms with Gasteiger partial charge >= 0.3 is 6.36 Å². The molecule has 0 spiro atoms. The van der Waals surface area contributed by atoms with Gasteiger partial charge in [0.15, 0.2) is 0 Å². The minimum atomic E-state index is -4.79. The lowest BCUT2D eigenvalue weighted by molar-refractivity contribution is -0.274. The van der Waals surface area contributed by atoms with Gasteiger partial charge in [-0.15, -0.1) is 13.2 Å². The molecule has 0 saturated carbocycles. The Morgan fingerprint density at radius 1 is 1.02 bits per heavy atom. The molecule has 1 aromatic carbocycles. The van der Waals surface area contributed by atoms with Crippen LogP contribution in [-0.4, -0.2) is 108 Å². The van der Waals surface area contributed by atoms with Crippen LogP contribution in [0.25, 0.3) is 0 Å². The summed E-state index contributed by atoms with van der Waals surface area (Å²) in [6.07, 6.45) is -2.93. The number of alkyl halides is 3. The molecule has 1 N–H and O–H groups in total.